The van der Waals surface area contributed by atoms with Crippen LogP contribution in [0.25, 0.3) is 0 Å². The second kappa shape index (κ2) is 5.33. The van der Waals surface area contributed by atoms with Gasteiger partial charge in [0.05, 0.1) is 16.2 Å². The van der Waals surface area contributed by atoms with Gasteiger partial charge in [-0.2, -0.15) is 0 Å². The van der Waals surface area contributed by atoms with E-state index in [1.54, 1.807) is 0 Å². The lowest BCUT2D eigenvalue weighted by atomic mass is 9.98. The van der Waals surface area contributed by atoms with Gasteiger partial charge in [-0.05, 0) is 53.7 Å². The number of nitrogen functional groups attached to an aromatic ring is 1. The first kappa shape index (κ1) is 13.3. The van der Waals surface area contributed by atoms with Gasteiger partial charge in [-0.15, -0.1) is 0 Å². The molecule has 0 radical (unpaired) electrons. The highest BCUT2D eigenvalue weighted by molar-refractivity contribution is 9.10. The Morgan fingerprint density at radius 2 is 2.11 bits per heavy atom. The number of rotatable bonds is 3. The molecular weight excluding hydrogens is 306 g/mol. The summed E-state index contributed by atoms with van der Waals surface area (Å²) in [5.41, 5.74) is 6.68. The van der Waals surface area contributed by atoms with Gasteiger partial charge in [0, 0.05) is 11.8 Å². The summed E-state index contributed by atoms with van der Waals surface area (Å²) < 4.78 is 13.0. The van der Waals surface area contributed by atoms with Gasteiger partial charge in [0.15, 0.2) is 0 Å². The molecule has 1 saturated heterocycles. The first-order valence-electron chi connectivity index (χ1n) is 7.03. The van der Waals surface area contributed by atoms with Crippen molar-refractivity contribution in [2.24, 2.45) is 0 Å². The second-order valence-corrected chi connectivity index (χ2v) is 6.52. The number of benzene rings is 1. The third-order valence-corrected chi connectivity index (χ3v) is 4.89. The van der Waals surface area contributed by atoms with Crippen molar-refractivity contribution in [2.45, 2.75) is 50.2 Å². The van der Waals surface area contributed by atoms with Crippen LogP contribution in [0.5, 0.6) is 5.75 Å². The monoisotopic (exact) mass is 325 g/mol. The largest absolute Gasteiger partial charge is 0.490 e. The Labute approximate surface area is 122 Å². The van der Waals surface area contributed by atoms with Crippen LogP contribution >= 0.6 is 15.9 Å². The Morgan fingerprint density at radius 1 is 1.32 bits per heavy atom. The van der Waals surface area contributed by atoms with Gasteiger partial charge in [0.1, 0.15) is 12.4 Å². The van der Waals surface area contributed by atoms with E-state index in [0.29, 0.717) is 6.61 Å². The molecular formula is C15H20BrNO2. The highest BCUT2D eigenvalue weighted by atomic mass is 79.9. The highest BCUT2D eigenvalue weighted by Crippen LogP contribution is 2.43. The molecule has 0 bridgehead atoms. The predicted octanol–water partition coefficient (Wildman–Crippen LogP) is 3.90. The Hall–Kier alpha value is -0.740. The lowest BCUT2D eigenvalue weighted by Crippen LogP contribution is -2.27. The van der Waals surface area contributed by atoms with Gasteiger partial charge in [0.2, 0.25) is 0 Å². The van der Waals surface area contributed by atoms with E-state index >= 15 is 0 Å². The lowest BCUT2D eigenvalue weighted by Gasteiger charge is -2.23. The molecule has 2 N–H and O–H groups in total. The first-order valence-corrected chi connectivity index (χ1v) is 7.82. The summed E-state index contributed by atoms with van der Waals surface area (Å²) in [7, 11) is 0. The van der Waals surface area contributed by atoms with Crippen LogP contribution in [0.2, 0.25) is 0 Å². The van der Waals surface area contributed by atoms with Crippen molar-refractivity contribution in [3.63, 3.8) is 0 Å². The fourth-order valence-corrected chi connectivity index (χ4v) is 3.57. The van der Waals surface area contributed by atoms with Crippen molar-refractivity contribution < 1.29 is 9.47 Å². The van der Waals surface area contributed by atoms with Crippen LogP contribution < -0.4 is 10.5 Å². The summed E-state index contributed by atoms with van der Waals surface area (Å²) in [6.07, 6.45) is 7.62. The minimum atomic E-state index is 0.182. The van der Waals surface area contributed by atoms with E-state index in [-0.39, 0.29) is 11.7 Å². The van der Waals surface area contributed by atoms with Gasteiger partial charge >= 0.3 is 0 Å². The van der Waals surface area contributed by atoms with Gasteiger partial charge in [-0.3, -0.25) is 0 Å². The maximum atomic E-state index is 6.23. The molecule has 1 unspecified atom stereocenters. The SMILES string of the molecule is Nc1ccc(Br)c(OCC2CCC3(CCCC3)O2)c1. The Bertz CT molecular complexity index is 457. The van der Waals surface area contributed by atoms with E-state index in [1.807, 2.05) is 18.2 Å². The highest BCUT2D eigenvalue weighted by Gasteiger charge is 2.42. The van der Waals surface area contributed by atoms with Crippen molar-refractivity contribution in [1.82, 2.24) is 0 Å². The normalized spacial score (nSPS) is 25.0. The summed E-state index contributed by atoms with van der Waals surface area (Å²) in [6.45, 7) is 0.615. The maximum Gasteiger partial charge on any atom is 0.135 e. The molecule has 0 amide bonds. The summed E-state index contributed by atoms with van der Waals surface area (Å²) in [6, 6.07) is 5.62. The molecule has 1 heterocycles. The fraction of sp³-hybridized carbons (Fsp3) is 0.600. The Kier molecular flexibility index (Phi) is 3.72. The zero-order valence-corrected chi connectivity index (χ0v) is 12.6. The molecule has 1 aliphatic carbocycles. The van der Waals surface area contributed by atoms with Crippen LogP contribution in [-0.4, -0.2) is 18.3 Å². The summed E-state index contributed by atoms with van der Waals surface area (Å²) in [5, 5.41) is 0. The number of hydrogen-bond acceptors (Lipinski definition) is 3. The number of ether oxygens (including phenoxy) is 2. The third kappa shape index (κ3) is 2.90. The lowest BCUT2D eigenvalue weighted by molar-refractivity contribution is -0.0509. The molecule has 0 aromatic heterocycles. The number of halogens is 1. The molecule has 2 fully saturated rings. The smallest absolute Gasteiger partial charge is 0.135 e. The predicted molar refractivity (Wildman–Crippen MR) is 79.4 cm³/mol. The molecule has 4 heteroatoms. The van der Waals surface area contributed by atoms with Crippen molar-refractivity contribution >= 4 is 21.6 Å². The standard InChI is InChI=1S/C15H20BrNO2/c16-13-4-3-11(17)9-14(13)18-10-12-5-8-15(19-12)6-1-2-7-15/h3-4,9,12H,1-2,5-8,10,17H2. The van der Waals surface area contributed by atoms with Crippen molar-refractivity contribution in [2.75, 3.05) is 12.3 Å². The molecule has 19 heavy (non-hydrogen) atoms. The number of hydrogen-bond donors (Lipinski definition) is 1. The second-order valence-electron chi connectivity index (χ2n) is 5.67. The van der Waals surface area contributed by atoms with E-state index in [4.69, 9.17) is 15.2 Å². The third-order valence-electron chi connectivity index (χ3n) is 4.23. The van der Waals surface area contributed by atoms with E-state index < -0.39 is 0 Å². The van der Waals surface area contributed by atoms with E-state index in [2.05, 4.69) is 15.9 Å². The molecule has 1 saturated carbocycles. The fourth-order valence-electron chi connectivity index (χ4n) is 3.21. The van der Waals surface area contributed by atoms with Crippen LogP contribution in [0.3, 0.4) is 0 Å². The molecule has 1 atom stereocenters. The molecule has 104 valence electrons. The Balaban J connectivity index is 1.57. The van der Waals surface area contributed by atoms with Crippen LogP contribution in [0.4, 0.5) is 5.69 Å². The van der Waals surface area contributed by atoms with Gasteiger partial charge in [-0.1, -0.05) is 12.8 Å². The molecule has 3 nitrogen and oxygen atoms in total. The quantitative estimate of drug-likeness (QED) is 0.857. The van der Waals surface area contributed by atoms with Gasteiger partial charge < -0.3 is 15.2 Å². The minimum absolute atomic E-state index is 0.182. The van der Waals surface area contributed by atoms with E-state index in [0.717, 1.165) is 22.3 Å². The average Bonchev–Trinajstić information content (AvgIpc) is 3.02. The van der Waals surface area contributed by atoms with Crippen LogP contribution in [-0.2, 0) is 4.74 Å². The number of nitrogens with two attached hydrogens (primary N) is 1. The molecule has 1 spiro atoms. The summed E-state index contributed by atoms with van der Waals surface area (Å²) >= 11 is 3.48. The van der Waals surface area contributed by atoms with Crippen LogP contribution in [0.15, 0.2) is 22.7 Å². The van der Waals surface area contributed by atoms with Crippen molar-refractivity contribution in [3.05, 3.63) is 22.7 Å². The number of anilines is 1. The molecule has 3 rings (SSSR count). The topological polar surface area (TPSA) is 44.5 Å². The van der Waals surface area contributed by atoms with Crippen LogP contribution in [0, 0.1) is 0 Å². The summed E-state index contributed by atoms with van der Waals surface area (Å²) in [5.74, 6) is 0.802. The minimum Gasteiger partial charge on any atom is -0.490 e. The van der Waals surface area contributed by atoms with Crippen molar-refractivity contribution in [3.8, 4) is 5.75 Å². The summed E-state index contributed by atoms with van der Waals surface area (Å²) in [4.78, 5) is 0. The zero-order valence-electron chi connectivity index (χ0n) is 11.0. The van der Waals surface area contributed by atoms with Gasteiger partial charge in [0.25, 0.3) is 0 Å². The Morgan fingerprint density at radius 3 is 2.89 bits per heavy atom. The average molecular weight is 326 g/mol. The molecule has 1 aromatic carbocycles. The first-order chi connectivity index (χ1) is 9.17. The van der Waals surface area contributed by atoms with Crippen LogP contribution in [0.1, 0.15) is 38.5 Å². The maximum absolute atomic E-state index is 6.23. The van der Waals surface area contributed by atoms with E-state index in [1.165, 1.54) is 32.1 Å². The molecule has 1 aliphatic heterocycles. The van der Waals surface area contributed by atoms with Gasteiger partial charge in [-0.25, -0.2) is 0 Å². The van der Waals surface area contributed by atoms with E-state index in [9.17, 15) is 0 Å². The van der Waals surface area contributed by atoms with Crippen molar-refractivity contribution in [1.29, 1.82) is 0 Å². The zero-order chi connectivity index (χ0) is 13.3. The molecule has 1 aromatic rings. The molecule has 2 aliphatic rings.